The molecule has 0 unspecified atom stereocenters. The van der Waals surface area contributed by atoms with Crippen molar-refractivity contribution in [2.24, 2.45) is 0 Å². The first-order valence-electron chi connectivity index (χ1n) is 12.0. The van der Waals surface area contributed by atoms with Gasteiger partial charge in [0.25, 0.3) is 0 Å². The molecular formula is C25H30N8O4. The molecule has 0 spiro atoms. The molecule has 1 saturated heterocycles. The maximum Gasteiger partial charge on any atom is 0.407 e. The molecule has 12 nitrogen and oxygen atoms in total. The Morgan fingerprint density at radius 2 is 2.05 bits per heavy atom. The van der Waals surface area contributed by atoms with Gasteiger partial charge in [-0.25, -0.2) is 9.78 Å². The fraction of sp³-hybridized carbons (Fsp3) is 0.360. The molecule has 0 radical (unpaired) electrons. The minimum atomic E-state index is -0.395. The molecular weight excluding hydrogens is 476 g/mol. The van der Waals surface area contributed by atoms with E-state index in [0.717, 1.165) is 45.9 Å². The third-order valence-electron chi connectivity index (χ3n) is 6.24. The number of aromatic nitrogens is 4. The van der Waals surface area contributed by atoms with Crippen LogP contribution in [0.15, 0.2) is 41.1 Å². The fourth-order valence-corrected chi connectivity index (χ4v) is 4.45. The second-order valence-corrected chi connectivity index (χ2v) is 9.01. The van der Waals surface area contributed by atoms with Crippen LogP contribution in [0.1, 0.15) is 22.6 Å². The second kappa shape index (κ2) is 10.3. The number of amides is 1. The number of hydrogen-bond acceptors (Lipinski definition) is 10. The van der Waals surface area contributed by atoms with Gasteiger partial charge < -0.3 is 34.9 Å². The summed E-state index contributed by atoms with van der Waals surface area (Å²) in [5, 5.41) is 9.82. The van der Waals surface area contributed by atoms with E-state index in [-0.39, 0.29) is 12.1 Å². The minimum Gasteiger partial charge on any atom is -0.496 e. The van der Waals surface area contributed by atoms with Crippen LogP contribution in [0.4, 0.5) is 16.6 Å². The van der Waals surface area contributed by atoms with Crippen molar-refractivity contribution >= 4 is 28.9 Å². The third kappa shape index (κ3) is 5.43. The van der Waals surface area contributed by atoms with Gasteiger partial charge in [-0.05, 0) is 24.6 Å². The topological polar surface area (TPSA) is 146 Å². The van der Waals surface area contributed by atoms with Crippen molar-refractivity contribution in [3.8, 4) is 5.75 Å². The van der Waals surface area contributed by atoms with E-state index in [1.165, 1.54) is 0 Å². The lowest BCUT2D eigenvalue weighted by Gasteiger charge is -2.38. The lowest BCUT2D eigenvalue weighted by Crippen LogP contribution is -2.52. The van der Waals surface area contributed by atoms with Gasteiger partial charge >= 0.3 is 6.09 Å². The standard InChI is InChI=1S/C25H30N8O4/c1-15-8-18(31-37-15)10-28-23-22-20(29-24(26)30-23)6-7-33(22)12-17-5-4-16(9-21(17)35-3)11-32-13-19(14-32)36-25(34)27-2/h4-9,19H,10-14H2,1-3H3,(H,27,34)(H3,26,28,29,30). The zero-order valence-electron chi connectivity index (χ0n) is 21.0. The number of nitrogens with zero attached hydrogens (tertiary/aromatic N) is 5. The molecule has 4 aromatic rings. The van der Waals surface area contributed by atoms with E-state index < -0.39 is 6.09 Å². The first kappa shape index (κ1) is 24.4. The lowest BCUT2D eigenvalue weighted by molar-refractivity contribution is -0.0165. The van der Waals surface area contributed by atoms with Gasteiger partial charge in [0.1, 0.15) is 28.8 Å². The molecule has 4 heterocycles. The van der Waals surface area contributed by atoms with E-state index in [1.54, 1.807) is 14.2 Å². The predicted octanol–water partition coefficient (Wildman–Crippen LogP) is 2.52. The Morgan fingerprint density at radius 1 is 1.22 bits per heavy atom. The van der Waals surface area contributed by atoms with Crippen molar-refractivity contribution in [1.82, 2.24) is 29.9 Å². The average Bonchev–Trinajstić information content (AvgIpc) is 3.47. The van der Waals surface area contributed by atoms with Gasteiger partial charge in [0.15, 0.2) is 5.82 Å². The molecule has 5 rings (SSSR count). The average molecular weight is 507 g/mol. The fourth-order valence-electron chi connectivity index (χ4n) is 4.45. The highest BCUT2D eigenvalue weighted by Gasteiger charge is 2.29. The quantitative estimate of drug-likeness (QED) is 0.309. The van der Waals surface area contributed by atoms with E-state index in [1.807, 2.05) is 25.3 Å². The molecule has 194 valence electrons. The highest BCUT2D eigenvalue weighted by atomic mass is 16.6. The maximum absolute atomic E-state index is 11.4. The van der Waals surface area contributed by atoms with Gasteiger partial charge in [-0.3, -0.25) is 4.90 Å². The Morgan fingerprint density at radius 3 is 2.78 bits per heavy atom. The summed E-state index contributed by atoms with van der Waals surface area (Å²) in [6.07, 6.45) is 1.49. The summed E-state index contributed by atoms with van der Waals surface area (Å²) < 4.78 is 18.2. The van der Waals surface area contributed by atoms with Crippen LogP contribution in [0.3, 0.4) is 0 Å². The predicted molar refractivity (Wildman–Crippen MR) is 137 cm³/mol. The van der Waals surface area contributed by atoms with Gasteiger partial charge in [-0.1, -0.05) is 17.3 Å². The van der Waals surface area contributed by atoms with Crippen LogP contribution in [0.5, 0.6) is 5.75 Å². The number of nitrogens with two attached hydrogens (primary N) is 1. The number of carbonyl (C=O) groups is 1. The Balaban J connectivity index is 1.31. The van der Waals surface area contributed by atoms with Crippen molar-refractivity contribution < 1.29 is 18.8 Å². The van der Waals surface area contributed by atoms with Gasteiger partial charge in [-0.2, -0.15) is 4.98 Å². The van der Waals surface area contributed by atoms with Crippen LogP contribution >= 0.6 is 0 Å². The number of ether oxygens (including phenoxy) is 2. The second-order valence-electron chi connectivity index (χ2n) is 9.01. The summed E-state index contributed by atoms with van der Waals surface area (Å²) in [5.74, 6) is 2.35. The van der Waals surface area contributed by atoms with Gasteiger partial charge in [0.2, 0.25) is 5.95 Å². The molecule has 12 heteroatoms. The molecule has 1 fully saturated rings. The Labute approximate surface area is 213 Å². The number of nitrogen functional groups attached to an aromatic ring is 1. The van der Waals surface area contributed by atoms with E-state index >= 15 is 0 Å². The van der Waals surface area contributed by atoms with E-state index in [4.69, 9.17) is 19.7 Å². The van der Waals surface area contributed by atoms with Crippen LogP contribution in [0.25, 0.3) is 11.0 Å². The lowest BCUT2D eigenvalue weighted by atomic mass is 10.1. The number of anilines is 2. The Bertz CT molecular complexity index is 1410. The third-order valence-corrected chi connectivity index (χ3v) is 6.24. The Hall–Kier alpha value is -4.32. The molecule has 4 N–H and O–H groups in total. The summed E-state index contributed by atoms with van der Waals surface area (Å²) >= 11 is 0. The minimum absolute atomic E-state index is 0.0736. The molecule has 0 bridgehead atoms. The van der Waals surface area contributed by atoms with Crippen LogP contribution in [-0.2, 0) is 24.4 Å². The van der Waals surface area contributed by atoms with Gasteiger partial charge in [0, 0.05) is 44.5 Å². The highest BCUT2D eigenvalue weighted by Crippen LogP contribution is 2.28. The van der Waals surface area contributed by atoms with Gasteiger partial charge in [0.05, 0.1) is 25.7 Å². The van der Waals surface area contributed by atoms with E-state index in [2.05, 4.69) is 53.4 Å². The summed E-state index contributed by atoms with van der Waals surface area (Å²) in [6, 6.07) is 10.0. The zero-order valence-corrected chi connectivity index (χ0v) is 21.0. The summed E-state index contributed by atoms with van der Waals surface area (Å²) in [5.41, 5.74) is 10.4. The number of benzene rings is 1. The van der Waals surface area contributed by atoms with E-state index in [0.29, 0.717) is 32.0 Å². The zero-order chi connectivity index (χ0) is 25.9. The monoisotopic (exact) mass is 506 g/mol. The first-order valence-corrected chi connectivity index (χ1v) is 12.0. The van der Waals surface area contributed by atoms with Crippen LogP contribution in [-0.4, -0.2) is 64.0 Å². The number of nitrogens with one attached hydrogen (secondary N) is 2. The molecule has 3 aromatic heterocycles. The number of aryl methyl sites for hydroxylation is 1. The number of likely N-dealkylation sites (tertiary alicyclic amines) is 1. The molecule has 1 aromatic carbocycles. The highest BCUT2D eigenvalue weighted by molar-refractivity contribution is 5.87. The normalized spacial score (nSPS) is 13.9. The molecule has 1 amide bonds. The van der Waals surface area contributed by atoms with Crippen LogP contribution < -0.4 is 21.1 Å². The summed E-state index contributed by atoms with van der Waals surface area (Å²) in [7, 11) is 3.23. The number of hydrogen-bond donors (Lipinski definition) is 3. The number of carbonyl (C=O) groups excluding carboxylic acids is 1. The summed E-state index contributed by atoms with van der Waals surface area (Å²) in [4.78, 5) is 22.4. The van der Waals surface area contributed by atoms with Crippen molar-refractivity contribution in [3.63, 3.8) is 0 Å². The molecule has 0 saturated carbocycles. The van der Waals surface area contributed by atoms with Gasteiger partial charge in [-0.15, -0.1) is 0 Å². The summed E-state index contributed by atoms with van der Waals surface area (Å²) in [6.45, 7) is 5.02. The molecule has 1 aliphatic heterocycles. The molecule has 0 aliphatic carbocycles. The van der Waals surface area contributed by atoms with Crippen molar-refractivity contribution in [2.75, 3.05) is 38.3 Å². The van der Waals surface area contributed by atoms with Crippen LogP contribution in [0.2, 0.25) is 0 Å². The van der Waals surface area contributed by atoms with Crippen molar-refractivity contribution in [3.05, 3.63) is 59.1 Å². The maximum atomic E-state index is 11.4. The van der Waals surface area contributed by atoms with Crippen LogP contribution in [0, 0.1) is 6.92 Å². The number of fused-ring (bicyclic) bond motifs is 1. The largest absolute Gasteiger partial charge is 0.496 e. The smallest absolute Gasteiger partial charge is 0.407 e. The first-order chi connectivity index (χ1) is 17.9. The molecule has 37 heavy (non-hydrogen) atoms. The van der Waals surface area contributed by atoms with E-state index in [9.17, 15) is 4.79 Å². The number of rotatable bonds is 9. The SMILES string of the molecule is CNC(=O)OC1CN(Cc2ccc(Cn3ccc4nc(N)nc(NCc5cc(C)on5)c43)c(OC)c2)C1. The molecule has 1 aliphatic rings. The number of alkyl carbamates (subject to hydrolysis) is 1. The molecule has 0 atom stereocenters. The van der Waals surface area contributed by atoms with Crippen molar-refractivity contribution in [1.29, 1.82) is 0 Å². The van der Waals surface area contributed by atoms with Crippen molar-refractivity contribution in [2.45, 2.75) is 32.7 Å². The number of methoxy groups -OCH3 is 1. The Kier molecular flexibility index (Phi) is 6.82.